The van der Waals surface area contributed by atoms with Crippen molar-refractivity contribution < 1.29 is 9.53 Å². The third-order valence-electron chi connectivity index (χ3n) is 4.38. The molecular weight excluding hydrogens is 306 g/mol. The van der Waals surface area contributed by atoms with Gasteiger partial charge in [0.2, 0.25) is 0 Å². The molecule has 2 amide bonds. The number of aryl methyl sites for hydroxylation is 2. The van der Waals surface area contributed by atoms with Crippen LogP contribution in [-0.2, 0) is 11.8 Å². The number of benzene rings is 1. The number of aromatic nitrogens is 3. The zero-order chi connectivity index (χ0) is 17.1. The maximum atomic E-state index is 12.6. The van der Waals surface area contributed by atoms with Gasteiger partial charge in [0.1, 0.15) is 12.4 Å². The molecule has 128 valence electrons. The lowest BCUT2D eigenvalue weighted by Crippen LogP contribution is -2.48. The molecule has 0 unspecified atom stereocenters. The lowest BCUT2D eigenvalue weighted by atomic mass is 10.0. The van der Waals surface area contributed by atoms with Crippen molar-refractivity contribution in [2.75, 3.05) is 19.7 Å². The molecule has 2 heterocycles. The van der Waals surface area contributed by atoms with Crippen LogP contribution in [0.5, 0.6) is 0 Å². The average Bonchev–Trinajstić information content (AvgIpc) is 3.01. The Hall–Kier alpha value is -2.41. The van der Waals surface area contributed by atoms with Gasteiger partial charge in [-0.1, -0.05) is 24.3 Å². The molecule has 0 saturated carbocycles. The van der Waals surface area contributed by atoms with Gasteiger partial charge in [0, 0.05) is 13.6 Å². The fraction of sp³-hybridized carbons (Fsp3) is 0.471. The van der Waals surface area contributed by atoms with Crippen molar-refractivity contribution in [2.45, 2.75) is 26.0 Å². The second-order valence-corrected chi connectivity index (χ2v) is 6.13. The van der Waals surface area contributed by atoms with Gasteiger partial charge in [-0.2, -0.15) is 0 Å². The topological polar surface area (TPSA) is 72.3 Å². The summed E-state index contributed by atoms with van der Waals surface area (Å²) in [7, 11) is 1.87. The summed E-state index contributed by atoms with van der Waals surface area (Å²) in [5, 5.41) is 11.0. The van der Waals surface area contributed by atoms with Crippen molar-refractivity contribution in [1.82, 2.24) is 25.0 Å². The largest absolute Gasteiger partial charge is 0.366 e. The first kappa shape index (κ1) is 16.4. The number of hydrogen-bond donors (Lipinski definition) is 1. The van der Waals surface area contributed by atoms with Gasteiger partial charge >= 0.3 is 6.03 Å². The van der Waals surface area contributed by atoms with E-state index in [0.717, 1.165) is 11.4 Å². The molecule has 0 aliphatic carbocycles. The molecule has 7 nitrogen and oxygen atoms in total. The van der Waals surface area contributed by atoms with E-state index >= 15 is 0 Å². The number of carbonyl (C=O) groups is 1. The van der Waals surface area contributed by atoms with Crippen molar-refractivity contribution in [3.8, 4) is 0 Å². The summed E-state index contributed by atoms with van der Waals surface area (Å²) in [6, 6.07) is 7.96. The molecule has 2 atom stereocenters. The Kier molecular flexibility index (Phi) is 4.80. The first-order chi connectivity index (χ1) is 11.6. The van der Waals surface area contributed by atoms with Crippen LogP contribution in [0.1, 0.15) is 36.0 Å². The van der Waals surface area contributed by atoms with Gasteiger partial charge in [0.05, 0.1) is 19.2 Å². The number of amides is 2. The number of nitrogens with zero attached hydrogens (tertiary/aromatic N) is 4. The first-order valence-electron chi connectivity index (χ1n) is 8.12. The highest BCUT2D eigenvalue weighted by Crippen LogP contribution is 2.21. The third kappa shape index (κ3) is 3.41. The number of urea groups is 1. The van der Waals surface area contributed by atoms with Gasteiger partial charge in [0.15, 0.2) is 5.82 Å². The Morgan fingerprint density at radius 3 is 2.92 bits per heavy atom. The monoisotopic (exact) mass is 329 g/mol. The fourth-order valence-electron chi connectivity index (χ4n) is 3.00. The van der Waals surface area contributed by atoms with Crippen LogP contribution in [0.4, 0.5) is 4.79 Å². The molecule has 1 N–H and O–H groups in total. The van der Waals surface area contributed by atoms with E-state index < -0.39 is 0 Å². The van der Waals surface area contributed by atoms with Crippen molar-refractivity contribution in [3.63, 3.8) is 0 Å². The number of hydrogen-bond acceptors (Lipinski definition) is 4. The molecule has 0 bridgehead atoms. The number of ether oxygens (including phenoxy) is 1. The summed E-state index contributed by atoms with van der Waals surface area (Å²) in [4.78, 5) is 14.4. The van der Waals surface area contributed by atoms with Crippen molar-refractivity contribution in [3.05, 3.63) is 47.5 Å². The van der Waals surface area contributed by atoms with Crippen LogP contribution in [0.25, 0.3) is 0 Å². The summed E-state index contributed by atoms with van der Waals surface area (Å²) < 4.78 is 7.57. The fourth-order valence-corrected chi connectivity index (χ4v) is 3.00. The number of rotatable bonds is 3. The highest BCUT2D eigenvalue weighted by atomic mass is 16.5. The zero-order valence-corrected chi connectivity index (χ0v) is 14.3. The Morgan fingerprint density at radius 1 is 1.42 bits per heavy atom. The second kappa shape index (κ2) is 7.00. The number of nitrogens with one attached hydrogen (secondary N) is 1. The van der Waals surface area contributed by atoms with Crippen LogP contribution in [0.15, 0.2) is 30.6 Å². The van der Waals surface area contributed by atoms with Crippen LogP contribution in [0.3, 0.4) is 0 Å². The summed E-state index contributed by atoms with van der Waals surface area (Å²) in [5.74, 6) is 0.736. The Bertz CT molecular complexity index is 715. The van der Waals surface area contributed by atoms with Gasteiger partial charge in [0.25, 0.3) is 0 Å². The van der Waals surface area contributed by atoms with Crippen LogP contribution >= 0.6 is 0 Å². The van der Waals surface area contributed by atoms with Crippen LogP contribution in [0.2, 0.25) is 0 Å². The Balaban J connectivity index is 1.64. The minimum Gasteiger partial charge on any atom is -0.366 e. The maximum Gasteiger partial charge on any atom is 0.318 e. The van der Waals surface area contributed by atoms with E-state index in [1.54, 1.807) is 11.2 Å². The molecule has 2 aromatic rings. The molecule has 0 radical (unpaired) electrons. The van der Waals surface area contributed by atoms with E-state index in [-0.39, 0.29) is 18.2 Å². The van der Waals surface area contributed by atoms with Gasteiger partial charge in [-0.3, -0.25) is 0 Å². The lowest BCUT2D eigenvalue weighted by Gasteiger charge is -2.33. The maximum absolute atomic E-state index is 12.6. The summed E-state index contributed by atoms with van der Waals surface area (Å²) in [6.07, 6.45) is 1.39. The highest BCUT2D eigenvalue weighted by molar-refractivity contribution is 5.75. The van der Waals surface area contributed by atoms with E-state index in [2.05, 4.69) is 28.5 Å². The van der Waals surface area contributed by atoms with E-state index in [4.69, 9.17) is 4.74 Å². The molecule has 7 heteroatoms. The number of carbonyl (C=O) groups excluding carboxylic acids is 1. The SMILES string of the molecule is Cc1ccccc1[C@@H](C)NC(=O)N1CCO[C@@H](c2nncn2C)C1. The normalized spacial score (nSPS) is 19.1. The van der Waals surface area contributed by atoms with Gasteiger partial charge in [-0.25, -0.2) is 4.79 Å². The summed E-state index contributed by atoms with van der Waals surface area (Å²) in [5.41, 5.74) is 2.30. The molecule has 1 fully saturated rings. The van der Waals surface area contributed by atoms with E-state index in [0.29, 0.717) is 19.7 Å². The number of morpholine rings is 1. The Labute approximate surface area is 141 Å². The molecule has 1 aromatic heterocycles. The van der Waals surface area contributed by atoms with Crippen LogP contribution in [0, 0.1) is 6.92 Å². The minimum atomic E-state index is -0.245. The van der Waals surface area contributed by atoms with Crippen LogP contribution < -0.4 is 5.32 Å². The molecule has 1 aliphatic rings. The summed E-state index contributed by atoms with van der Waals surface area (Å²) >= 11 is 0. The average molecular weight is 329 g/mol. The van der Waals surface area contributed by atoms with Crippen molar-refractivity contribution >= 4 is 6.03 Å². The molecular formula is C17H23N5O2. The minimum absolute atomic E-state index is 0.0465. The van der Waals surface area contributed by atoms with Crippen LogP contribution in [-0.4, -0.2) is 45.4 Å². The standard InChI is InChI=1S/C17H23N5O2/c1-12-6-4-5-7-14(12)13(2)19-17(23)22-8-9-24-15(10-22)16-20-18-11-21(16)3/h4-7,11,13,15H,8-10H2,1-3H3,(H,19,23)/t13-,15-/m1/s1. The summed E-state index contributed by atoms with van der Waals surface area (Å²) in [6.45, 7) is 5.58. The van der Waals surface area contributed by atoms with Gasteiger partial charge in [-0.15, -0.1) is 10.2 Å². The predicted octanol–water partition coefficient (Wildman–Crippen LogP) is 1.97. The van der Waals surface area contributed by atoms with Gasteiger partial charge in [-0.05, 0) is 25.0 Å². The smallest absolute Gasteiger partial charge is 0.318 e. The Morgan fingerprint density at radius 2 is 2.21 bits per heavy atom. The quantitative estimate of drug-likeness (QED) is 0.934. The first-order valence-corrected chi connectivity index (χ1v) is 8.12. The molecule has 1 aromatic carbocycles. The van der Waals surface area contributed by atoms with Crippen molar-refractivity contribution in [2.24, 2.45) is 7.05 Å². The molecule has 0 spiro atoms. The molecule has 1 saturated heterocycles. The lowest BCUT2D eigenvalue weighted by molar-refractivity contribution is -0.0217. The molecule has 24 heavy (non-hydrogen) atoms. The predicted molar refractivity (Wildman–Crippen MR) is 89.4 cm³/mol. The van der Waals surface area contributed by atoms with E-state index in [9.17, 15) is 4.79 Å². The van der Waals surface area contributed by atoms with E-state index in [1.807, 2.05) is 36.7 Å². The van der Waals surface area contributed by atoms with Gasteiger partial charge < -0.3 is 19.5 Å². The molecule has 3 rings (SSSR count). The third-order valence-corrected chi connectivity index (χ3v) is 4.38. The second-order valence-electron chi connectivity index (χ2n) is 6.13. The van der Waals surface area contributed by atoms with Crippen molar-refractivity contribution in [1.29, 1.82) is 0 Å². The van der Waals surface area contributed by atoms with E-state index in [1.165, 1.54) is 5.56 Å². The zero-order valence-electron chi connectivity index (χ0n) is 14.3. The highest BCUT2D eigenvalue weighted by Gasteiger charge is 2.28. The molecule has 1 aliphatic heterocycles.